The molecule has 2 amide bonds. The van der Waals surface area contributed by atoms with Crippen molar-refractivity contribution in [1.29, 1.82) is 0 Å². The van der Waals surface area contributed by atoms with Gasteiger partial charge in [0.2, 0.25) is 5.91 Å². The summed E-state index contributed by atoms with van der Waals surface area (Å²) in [4.78, 5) is 37.1. The molecule has 0 aliphatic carbocycles. The first-order valence-corrected chi connectivity index (χ1v) is 12.2. The van der Waals surface area contributed by atoms with Crippen LogP contribution in [0.3, 0.4) is 0 Å². The number of nitrogens with zero attached hydrogens (tertiary/aromatic N) is 5. The summed E-state index contributed by atoms with van der Waals surface area (Å²) in [6, 6.07) is 7.40. The van der Waals surface area contributed by atoms with Gasteiger partial charge in [-0.05, 0) is 44.0 Å². The second-order valence-electron chi connectivity index (χ2n) is 8.99. The molecule has 0 saturated carbocycles. The summed E-state index contributed by atoms with van der Waals surface area (Å²) in [5.41, 5.74) is 2.13. The smallest absolute Gasteiger partial charge is 0.250 e. The van der Waals surface area contributed by atoms with E-state index in [1.54, 1.807) is 23.3 Å². The highest BCUT2D eigenvalue weighted by Gasteiger charge is 2.32. The number of carbonyl (C=O) groups excluding carboxylic acids is 2. The summed E-state index contributed by atoms with van der Waals surface area (Å²) in [7, 11) is 0. The van der Waals surface area contributed by atoms with Gasteiger partial charge < -0.3 is 24.6 Å². The van der Waals surface area contributed by atoms with Gasteiger partial charge >= 0.3 is 0 Å². The van der Waals surface area contributed by atoms with Crippen molar-refractivity contribution in [3.05, 3.63) is 48.5 Å². The SMILES string of the molecule is CCCN1CCN(CCCNC(=O)CC(C(=O)N2CCc3ccccc32)n2ccnc2)CC1. The highest BCUT2D eigenvalue weighted by Crippen LogP contribution is 2.30. The summed E-state index contributed by atoms with van der Waals surface area (Å²) in [5, 5.41) is 3.03. The molecule has 1 aromatic carbocycles. The number of rotatable bonds is 10. The number of aromatic nitrogens is 2. The molecule has 1 fully saturated rings. The number of para-hydroxylation sites is 1. The number of benzene rings is 1. The molecule has 1 N–H and O–H groups in total. The fourth-order valence-corrected chi connectivity index (χ4v) is 4.85. The molecule has 2 aliphatic heterocycles. The van der Waals surface area contributed by atoms with E-state index in [-0.39, 0.29) is 18.2 Å². The Hall–Kier alpha value is -2.71. The van der Waals surface area contributed by atoms with E-state index < -0.39 is 6.04 Å². The van der Waals surface area contributed by atoms with Crippen molar-refractivity contribution in [2.24, 2.45) is 0 Å². The molecule has 0 radical (unpaired) electrons. The Morgan fingerprint density at radius 3 is 2.55 bits per heavy atom. The first-order chi connectivity index (χ1) is 16.2. The molecule has 3 heterocycles. The van der Waals surface area contributed by atoms with Crippen LogP contribution in [0.4, 0.5) is 5.69 Å². The van der Waals surface area contributed by atoms with Gasteiger partial charge in [0.05, 0.1) is 12.7 Å². The van der Waals surface area contributed by atoms with Gasteiger partial charge in [-0.2, -0.15) is 0 Å². The second kappa shape index (κ2) is 11.4. The Morgan fingerprint density at radius 1 is 1.06 bits per heavy atom. The first kappa shape index (κ1) is 23.4. The molecule has 1 saturated heterocycles. The number of hydrogen-bond donors (Lipinski definition) is 1. The third kappa shape index (κ3) is 6.00. The number of hydrogen-bond acceptors (Lipinski definition) is 5. The topological polar surface area (TPSA) is 73.7 Å². The van der Waals surface area contributed by atoms with Crippen LogP contribution in [0.2, 0.25) is 0 Å². The number of nitrogens with one attached hydrogen (secondary N) is 1. The molecule has 2 aromatic rings. The lowest BCUT2D eigenvalue weighted by Gasteiger charge is -2.34. The maximum atomic E-state index is 13.4. The van der Waals surface area contributed by atoms with Gasteiger partial charge in [-0.15, -0.1) is 0 Å². The average Bonchev–Trinajstić information content (AvgIpc) is 3.51. The zero-order valence-electron chi connectivity index (χ0n) is 19.7. The molecular weight excluding hydrogens is 416 g/mol. The number of amides is 2. The first-order valence-electron chi connectivity index (χ1n) is 12.2. The van der Waals surface area contributed by atoms with E-state index in [1.807, 2.05) is 23.1 Å². The van der Waals surface area contributed by atoms with Gasteiger partial charge in [0, 0.05) is 57.3 Å². The maximum Gasteiger partial charge on any atom is 0.250 e. The van der Waals surface area contributed by atoms with Crippen LogP contribution in [0.5, 0.6) is 0 Å². The van der Waals surface area contributed by atoms with E-state index in [1.165, 1.54) is 18.5 Å². The number of piperazine rings is 1. The van der Waals surface area contributed by atoms with Gasteiger partial charge in [-0.3, -0.25) is 9.59 Å². The lowest BCUT2D eigenvalue weighted by atomic mass is 10.1. The molecule has 2 aliphatic rings. The summed E-state index contributed by atoms with van der Waals surface area (Å²) < 4.78 is 1.75. The summed E-state index contributed by atoms with van der Waals surface area (Å²) in [5.74, 6) is -0.152. The zero-order valence-corrected chi connectivity index (χ0v) is 19.7. The fraction of sp³-hybridized carbons (Fsp3) is 0.560. The number of imidazole rings is 1. The minimum Gasteiger partial charge on any atom is -0.356 e. The lowest BCUT2D eigenvalue weighted by Crippen LogP contribution is -2.47. The molecule has 178 valence electrons. The molecule has 33 heavy (non-hydrogen) atoms. The monoisotopic (exact) mass is 452 g/mol. The molecule has 0 bridgehead atoms. The second-order valence-corrected chi connectivity index (χ2v) is 8.99. The van der Waals surface area contributed by atoms with Crippen molar-refractivity contribution in [2.75, 3.05) is 57.3 Å². The molecule has 1 aromatic heterocycles. The van der Waals surface area contributed by atoms with Crippen molar-refractivity contribution < 1.29 is 9.59 Å². The zero-order chi connectivity index (χ0) is 23.0. The van der Waals surface area contributed by atoms with E-state index in [2.05, 4.69) is 33.1 Å². The minimum absolute atomic E-state index is 0.0574. The van der Waals surface area contributed by atoms with Gasteiger partial charge in [-0.1, -0.05) is 25.1 Å². The van der Waals surface area contributed by atoms with E-state index in [4.69, 9.17) is 0 Å². The molecule has 1 atom stereocenters. The highest BCUT2D eigenvalue weighted by atomic mass is 16.2. The van der Waals surface area contributed by atoms with Crippen molar-refractivity contribution in [3.8, 4) is 0 Å². The molecule has 8 heteroatoms. The molecule has 1 unspecified atom stereocenters. The molecule has 4 rings (SSSR count). The van der Waals surface area contributed by atoms with E-state index in [0.717, 1.165) is 51.3 Å². The van der Waals surface area contributed by atoms with Gasteiger partial charge in [0.15, 0.2) is 0 Å². The predicted octanol–water partition coefficient (Wildman–Crippen LogP) is 1.94. The largest absolute Gasteiger partial charge is 0.356 e. The molecule has 0 spiro atoms. The minimum atomic E-state index is -0.592. The summed E-state index contributed by atoms with van der Waals surface area (Å²) >= 11 is 0. The van der Waals surface area contributed by atoms with Gasteiger partial charge in [-0.25, -0.2) is 4.98 Å². The van der Waals surface area contributed by atoms with Crippen LogP contribution in [0, 0.1) is 0 Å². The van der Waals surface area contributed by atoms with Crippen LogP contribution in [-0.2, 0) is 16.0 Å². The number of carbonyl (C=O) groups is 2. The molecule has 8 nitrogen and oxygen atoms in total. The quantitative estimate of drug-likeness (QED) is 0.558. The fourth-order valence-electron chi connectivity index (χ4n) is 4.85. The third-order valence-corrected chi connectivity index (χ3v) is 6.68. The maximum absolute atomic E-state index is 13.4. The summed E-state index contributed by atoms with van der Waals surface area (Å²) in [6.45, 7) is 10.2. The Balaban J connectivity index is 1.26. The van der Waals surface area contributed by atoms with E-state index in [0.29, 0.717) is 13.1 Å². The van der Waals surface area contributed by atoms with Crippen LogP contribution in [-0.4, -0.2) is 83.5 Å². The normalized spacial score (nSPS) is 17.7. The molecular formula is C25H36N6O2. The van der Waals surface area contributed by atoms with Crippen LogP contribution in [0.25, 0.3) is 0 Å². The van der Waals surface area contributed by atoms with Crippen LogP contribution in [0.1, 0.15) is 37.8 Å². The average molecular weight is 453 g/mol. The van der Waals surface area contributed by atoms with Crippen LogP contribution >= 0.6 is 0 Å². The van der Waals surface area contributed by atoms with Crippen LogP contribution in [0.15, 0.2) is 43.0 Å². The van der Waals surface area contributed by atoms with Crippen LogP contribution < -0.4 is 10.2 Å². The standard InChI is InChI=1S/C25H36N6O2/c1-2-11-28-15-17-29(18-16-28)12-5-9-27-24(32)19-23(30-14-10-26-20-30)25(33)31-13-8-21-6-3-4-7-22(21)31/h3-4,6-7,10,14,20,23H,2,5,8-9,11-13,15-19H2,1H3,(H,27,32). The number of fused-ring (bicyclic) bond motifs is 1. The highest BCUT2D eigenvalue weighted by molar-refractivity contribution is 6.00. The predicted molar refractivity (Wildman–Crippen MR) is 129 cm³/mol. The Kier molecular flexibility index (Phi) is 8.12. The summed E-state index contributed by atoms with van der Waals surface area (Å²) in [6.07, 6.45) is 8.12. The Labute approximate surface area is 196 Å². The van der Waals surface area contributed by atoms with Gasteiger partial charge in [0.1, 0.15) is 6.04 Å². The lowest BCUT2D eigenvalue weighted by molar-refractivity contribution is -0.128. The van der Waals surface area contributed by atoms with E-state index in [9.17, 15) is 9.59 Å². The van der Waals surface area contributed by atoms with Crippen molar-refractivity contribution >= 4 is 17.5 Å². The third-order valence-electron chi connectivity index (χ3n) is 6.68. The van der Waals surface area contributed by atoms with E-state index >= 15 is 0 Å². The van der Waals surface area contributed by atoms with Gasteiger partial charge in [0.25, 0.3) is 5.91 Å². The van der Waals surface area contributed by atoms with Crippen molar-refractivity contribution in [2.45, 2.75) is 38.6 Å². The number of anilines is 1. The Morgan fingerprint density at radius 2 is 1.82 bits per heavy atom. The van der Waals surface area contributed by atoms with Crippen molar-refractivity contribution in [1.82, 2.24) is 24.7 Å². The van der Waals surface area contributed by atoms with Crippen molar-refractivity contribution in [3.63, 3.8) is 0 Å². The Bertz CT molecular complexity index is 907.